The first-order valence-electron chi connectivity index (χ1n) is 7.92. The van der Waals surface area contributed by atoms with Crippen LogP contribution in [0.1, 0.15) is 35.3 Å². The van der Waals surface area contributed by atoms with Gasteiger partial charge in [0.2, 0.25) is 0 Å². The van der Waals surface area contributed by atoms with E-state index in [2.05, 4.69) is 0 Å². The summed E-state index contributed by atoms with van der Waals surface area (Å²) >= 11 is 0. The molecule has 138 valence electrons. The van der Waals surface area contributed by atoms with Crippen molar-refractivity contribution in [1.82, 2.24) is 0 Å². The van der Waals surface area contributed by atoms with E-state index in [1.54, 1.807) is 18.2 Å². The molecular formula is C19H20K2O6S+2. The average molecular weight is 455 g/mol. The number of phenolic OH excluding ortho intramolecular Hbond substituents is 1. The zero-order valence-corrected chi connectivity index (χ0v) is 23.5. The molecule has 0 saturated carbocycles. The topological polar surface area (TPSA) is 101 Å². The minimum atomic E-state index is -4.22. The van der Waals surface area contributed by atoms with E-state index in [9.17, 15) is 18.3 Å². The fourth-order valence-electron chi connectivity index (χ4n) is 2.08. The largest absolute Gasteiger partial charge is 1.00 e. The van der Waals surface area contributed by atoms with Crippen molar-refractivity contribution in [2.45, 2.75) is 18.7 Å². The Kier molecular flexibility index (Phi) is 13.4. The second-order valence-electron chi connectivity index (χ2n) is 6.15. The first-order valence-corrected chi connectivity index (χ1v) is 9.36. The Morgan fingerprint density at radius 1 is 1.04 bits per heavy atom. The second kappa shape index (κ2) is 13.1. The molecule has 2 aromatic rings. The number of ether oxygens (including phenoxy) is 1. The van der Waals surface area contributed by atoms with Crippen LogP contribution in [0.5, 0.6) is 5.75 Å². The molecule has 9 heteroatoms. The van der Waals surface area contributed by atoms with Gasteiger partial charge in [-0.25, -0.2) is 4.79 Å². The molecule has 0 aliphatic heterocycles. The summed E-state index contributed by atoms with van der Waals surface area (Å²) in [7, 11) is -4.22. The van der Waals surface area contributed by atoms with Gasteiger partial charge in [-0.15, -0.1) is 0 Å². The maximum absolute atomic E-state index is 12.0. The van der Waals surface area contributed by atoms with E-state index < -0.39 is 16.1 Å². The van der Waals surface area contributed by atoms with E-state index >= 15 is 0 Å². The van der Waals surface area contributed by atoms with E-state index in [0.717, 1.165) is 0 Å². The van der Waals surface area contributed by atoms with E-state index in [1.165, 1.54) is 36.4 Å². The van der Waals surface area contributed by atoms with Crippen LogP contribution in [0.25, 0.3) is 12.2 Å². The summed E-state index contributed by atoms with van der Waals surface area (Å²) in [6.07, 6.45) is 3.42. The Morgan fingerprint density at radius 3 is 2.11 bits per heavy atom. The van der Waals surface area contributed by atoms with Crippen molar-refractivity contribution in [3.05, 3.63) is 59.2 Å². The van der Waals surface area contributed by atoms with Gasteiger partial charge < -0.3 is 9.84 Å². The molecule has 0 atom stereocenters. The van der Waals surface area contributed by atoms with Crippen molar-refractivity contribution in [3.8, 4) is 5.75 Å². The summed E-state index contributed by atoms with van der Waals surface area (Å²) in [4.78, 5) is 11.9. The minimum absolute atomic E-state index is 0. The van der Waals surface area contributed by atoms with Gasteiger partial charge in [-0.1, -0.05) is 44.2 Å². The molecule has 2 N–H and O–H groups in total. The molecule has 0 bridgehead atoms. The summed E-state index contributed by atoms with van der Waals surface area (Å²) in [6, 6.07) is 10.2. The Morgan fingerprint density at radius 2 is 1.57 bits per heavy atom. The molecule has 0 unspecified atom stereocenters. The fourth-order valence-corrected chi connectivity index (χ4v) is 2.56. The molecule has 28 heavy (non-hydrogen) atoms. The Balaban J connectivity index is 0.00000364. The number of carbonyl (C=O) groups is 1. The van der Waals surface area contributed by atoms with Crippen LogP contribution >= 0.6 is 0 Å². The maximum Gasteiger partial charge on any atom is 1.00 e. The number of benzene rings is 2. The van der Waals surface area contributed by atoms with Crippen LogP contribution in [0, 0.1) is 5.92 Å². The van der Waals surface area contributed by atoms with Crippen LogP contribution < -0.4 is 103 Å². The standard InChI is InChI=1S/C19H20O6S.2K/c1-13(2)12-25-19(21)17-11-15(7-10-18(17)20)4-3-14-5-8-16(9-6-14)26(22,23)24;;/h3-11,13,20H,12H2,1-2H3,(H,22,23,24);;/q;2*+1/b4-3+;;. The molecule has 0 spiro atoms. The average Bonchev–Trinajstić information content (AvgIpc) is 2.58. The van der Waals surface area contributed by atoms with Crippen molar-refractivity contribution in [3.63, 3.8) is 0 Å². The molecular weight excluding hydrogens is 434 g/mol. The van der Waals surface area contributed by atoms with Crippen LogP contribution in [0.2, 0.25) is 0 Å². The summed E-state index contributed by atoms with van der Waals surface area (Å²) in [5, 5.41) is 9.86. The molecule has 0 aliphatic rings. The van der Waals surface area contributed by atoms with E-state index in [0.29, 0.717) is 11.1 Å². The Labute approximate surface area is 250 Å². The molecule has 0 saturated heterocycles. The number of esters is 1. The SMILES string of the molecule is CC(C)COC(=O)c1cc(/C=C/c2ccc(S(=O)(=O)O)cc2)ccc1O.[K+].[K+]. The number of carbonyl (C=O) groups excluding carboxylic acids is 1. The molecule has 2 aromatic carbocycles. The molecule has 0 heterocycles. The molecule has 2 rings (SSSR count). The normalized spacial score (nSPS) is 11.0. The fraction of sp³-hybridized carbons (Fsp3) is 0.211. The molecule has 0 aliphatic carbocycles. The molecule has 0 aromatic heterocycles. The molecule has 0 fully saturated rings. The van der Waals surface area contributed by atoms with Crippen molar-refractivity contribution >= 4 is 28.2 Å². The summed E-state index contributed by atoms with van der Waals surface area (Å²) in [5.41, 5.74) is 1.45. The van der Waals surface area contributed by atoms with Crippen molar-refractivity contribution in [2.75, 3.05) is 6.61 Å². The predicted octanol–water partition coefficient (Wildman–Crippen LogP) is -2.37. The van der Waals surface area contributed by atoms with Gasteiger partial charge in [0, 0.05) is 0 Å². The Hall–Kier alpha value is 0.633. The Bertz CT molecular complexity index is 922. The van der Waals surface area contributed by atoms with Crippen LogP contribution in [-0.4, -0.2) is 30.7 Å². The number of phenols is 1. The first-order chi connectivity index (χ1) is 12.2. The first kappa shape index (κ1) is 28.6. The van der Waals surface area contributed by atoms with Gasteiger partial charge in [0.15, 0.2) is 0 Å². The third-order valence-electron chi connectivity index (χ3n) is 3.43. The van der Waals surface area contributed by atoms with E-state index in [1.807, 2.05) is 13.8 Å². The smallest absolute Gasteiger partial charge is 0.507 e. The predicted molar refractivity (Wildman–Crippen MR) is 98.4 cm³/mol. The van der Waals surface area contributed by atoms with Gasteiger partial charge in [-0.2, -0.15) is 8.42 Å². The summed E-state index contributed by atoms with van der Waals surface area (Å²) in [6.45, 7) is 4.09. The van der Waals surface area contributed by atoms with Crippen LogP contribution in [0.15, 0.2) is 47.4 Å². The number of rotatable bonds is 6. The maximum atomic E-state index is 12.0. The minimum Gasteiger partial charge on any atom is -0.507 e. The molecule has 6 nitrogen and oxygen atoms in total. The van der Waals surface area contributed by atoms with Crippen molar-refractivity contribution in [1.29, 1.82) is 0 Å². The summed E-state index contributed by atoms with van der Waals surface area (Å²) in [5.74, 6) is -0.563. The zero-order valence-electron chi connectivity index (χ0n) is 16.4. The van der Waals surface area contributed by atoms with Crippen LogP contribution in [0.3, 0.4) is 0 Å². The van der Waals surface area contributed by atoms with Gasteiger partial charge >= 0.3 is 109 Å². The third-order valence-corrected chi connectivity index (χ3v) is 4.30. The monoisotopic (exact) mass is 454 g/mol. The van der Waals surface area contributed by atoms with Crippen LogP contribution in [0.4, 0.5) is 0 Å². The van der Waals surface area contributed by atoms with Gasteiger partial charge in [0.1, 0.15) is 11.3 Å². The number of hydrogen-bond donors (Lipinski definition) is 2. The summed E-state index contributed by atoms with van der Waals surface area (Å²) < 4.78 is 36.1. The second-order valence-corrected chi connectivity index (χ2v) is 7.57. The third kappa shape index (κ3) is 9.19. The van der Waals surface area contributed by atoms with Gasteiger partial charge in [0.05, 0.1) is 11.5 Å². The van der Waals surface area contributed by atoms with E-state index in [4.69, 9.17) is 9.29 Å². The van der Waals surface area contributed by atoms with Crippen LogP contribution in [-0.2, 0) is 14.9 Å². The quantitative estimate of drug-likeness (QED) is 0.219. The van der Waals surface area contributed by atoms with Crippen molar-refractivity contribution in [2.24, 2.45) is 5.92 Å². The van der Waals surface area contributed by atoms with Gasteiger partial charge in [0.25, 0.3) is 10.1 Å². The van der Waals surface area contributed by atoms with Crippen molar-refractivity contribution < 1.29 is 130 Å². The van der Waals surface area contributed by atoms with Gasteiger partial charge in [-0.05, 0) is 41.3 Å². The molecule has 0 radical (unpaired) electrons. The zero-order chi connectivity index (χ0) is 19.3. The molecule has 0 amide bonds. The van der Waals surface area contributed by atoms with E-state index in [-0.39, 0.29) is 132 Å². The number of aromatic hydroxyl groups is 1. The number of hydrogen-bond acceptors (Lipinski definition) is 5. The van der Waals surface area contributed by atoms with Gasteiger partial charge in [-0.3, -0.25) is 4.55 Å².